The fourth-order valence-corrected chi connectivity index (χ4v) is 1.58. The van der Waals surface area contributed by atoms with Crippen molar-refractivity contribution in [1.82, 2.24) is 0 Å². The Balaban J connectivity index is 2.96. The topological polar surface area (TPSA) is 63.3 Å². The van der Waals surface area contributed by atoms with Crippen molar-refractivity contribution in [2.75, 3.05) is 0 Å². The fraction of sp³-hybridized carbons (Fsp3) is 0.462. The summed E-state index contributed by atoms with van der Waals surface area (Å²) in [5, 5.41) is 8.69. The summed E-state index contributed by atoms with van der Waals surface area (Å²) in [6, 6.07) is 4.68. The standard InChI is InChI=1S/C13H17F2NO2/c1-8(2)13(14,15)10-5-3-4-9(6-10)7-11(16)12(17)18/h3-6,8,11H,7,16H2,1-2H3,(H,17,18). The molecule has 0 bridgehead atoms. The Labute approximate surface area is 105 Å². The second kappa shape index (κ2) is 5.44. The van der Waals surface area contributed by atoms with Crippen molar-refractivity contribution >= 4 is 5.97 Å². The Morgan fingerprint density at radius 2 is 2.06 bits per heavy atom. The van der Waals surface area contributed by atoms with Gasteiger partial charge in [0.15, 0.2) is 0 Å². The zero-order valence-corrected chi connectivity index (χ0v) is 10.4. The van der Waals surface area contributed by atoms with Gasteiger partial charge >= 0.3 is 5.97 Å². The lowest BCUT2D eigenvalue weighted by atomic mass is 9.95. The van der Waals surface area contributed by atoms with Gasteiger partial charge in [-0.25, -0.2) is 8.78 Å². The SMILES string of the molecule is CC(C)C(F)(F)c1cccc(CC(N)C(=O)O)c1. The summed E-state index contributed by atoms with van der Waals surface area (Å²) in [5.41, 5.74) is 5.78. The third-order valence-electron chi connectivity index (χ3n) is 2.81. The van der Waals surface area contributed by atoms with E-state index in [9.17, 15) is 13.6 Å². The van der Waals surface area contributed by atoms with E-state index >= 15 is 0 Å². The lowest BCUT2D eigenvalue weighted by Gasteiger charge is -2.21. The summed E-state index contributed by atoms with van der Waals surface area (Å²) >= 11 is 0. The molecule has 0 spiro atoms. The van der Waals surface area contributed by atoms with Crippen LogP contribution in [-0.4, -0.2) is 17.1 Å². The van der Waals surface area contributed by atoms with E-state index in [4.69, 9.17) is 10.8 Å². The third-order valence-corrected chi connectivity index (χ3v) is 2.81. The maximum atomic E-state index is 13.8. The summed E-state index contributed by atoms with van der Waals surface area (Å²) in [5.74, 6) is -4.89. The first kappa shape index (κ1) is 14.6. The number of carbonyl (C=O) groups is 1. The molecule has 100 valence electrons. The number of carboxylic acid groups (broad SMARTS) is 1. The highest BCUT2D eigenvalue weighted by Gasteiger charge is 2.35. The first-order valence-electron chi connectivity index (χ1n) is 5.70. The van der Waals surface area contributed by atoms with Crippen LogP contribution in [0.15, 0.2) is 24.3 Å². The molecule has 0 fully saturated rings. The van der Waals surface area contributed by atoms with E-state index in [2.05, 4.69) is 0 Å². The Morgan fingerprint density at radius 1 is 1.44 bits per heavy atom. The Kier molecular flexibility index (Phi) is 4.40. The molecule has 0 aromatic heterocycles. The van der Waals surface area contributed by atoms with Crippen LogP contribution in [0, 0.1) is 5.92 Å². The average Bonchev–Trinajstić information content (AvgIpc) is 2.28. The van der Waals surface area contributed by atoms with Gasteiger partial charge in [0.25, 0.3) is 5.92 Å². The van der Waals surface area contributed by atoms with Gasteiger partial charge in [0.2, 0.25) is 0 Å². The minimum absolute atomic E-state index is 0.0390. The lowest BCUT2D eigenvalue weighted by Crippen LogP contribution is -2.32. The van der Waals surface area contributed by atoms with E-state index in [1.54, 1.807) is 6.07 Å². The molecule has 18 heavy (non-hydrogen) atoms. The van der Waals surface area contributed by atoms with Crippen LogP contribution in [0.4, 0.5) is 8.78 Å². The number of benzene rings is 1. The molecule has 1 aromatic rings. The third kappa shape index (κ3) is 3.26. The molecule has 0 aliphatic heterocycles. The van der Waals surface area contributed by atoms with Crippen molar-refractivity contribution in [2.24, 2.45) is 11.7 Å². The Hall–Kier alpha value is -1.49. The number of hydrogen-bond donors (Lipinski definition) is 2. The molecule has 0 radical (unpaired) electrons. The minimum atomic E-state index is -2.93. The molecule has 0 saturated carbocycles. The van der Waals surface area contributed by atoms with Gasteiger partial charge in [0.1, 0.15) is 6.04 Å². The summed E-state index contributed by atoms with van der Waals surface area (Å²) in [4.78, 5) is 10.6. The van der Waals surface area contributed by atoms with E-state index in [0.29, 0.717) is 5.56 Å². The van der Waals surface area contributed by atoms with E-state index < -0.39 is 23.9 Å². The van der Waals surface area contributed by atoms with Crippen molar-refractivity contribution < 1.29 is 18.7 Å². The van der Waals surface area contributed by atoms with Crippen molar-refractivity contribution in [3.8, 4) is 0 Å². The number of rotatable bonds is 5. The molecule has 1 atom stereocenters. The lowest BCUT2D eigenvalue weighted by molar-refractivity contribution is -0.138. The predicted molar refractivity (Wildman–Crippen MR) is 64.5 cm³/mol. The number of aliphatic carboxylic acids is 1. The summed E-state index contributed by atoms with van der Waals surface area (Å²) in [6.07, 6.45) is 0.0390. The molecule has 3 N–H and O–H groups in total. The monoisotopic (exact) mass is 257 g/mol. The fourth-order valence-electron chi connectivity index (χ4n) is 1.58. The number of nitrogens with two attached hydrogens (primary N) is 1. The van der Waals surface area contributed by atoms with Gasteiger partial charge < -0.3 is 10.8 Å². The van der Waals surface area contributed by atoms with Crippen molar-refractivity contribution in [3.05, 3.63) is 35.4 Å². The molecule has 1 unspecified atom stereocenters. The van der Waals surface area contributed by atoms with Crippen LogP contribution >= 0.6 is 0 Å². The van der Waals surface area contributed by atoms with Gasteiger partial charge in [-0.1, -0.05) is 32.0 Å². The number of hydrogen-bond acceptors (Lipinski definition) is 2. The summed E-state index contributed by atoms with van der Waals surface area (Å²) in [7, 11) is 0. The second-order valence-corrected chi connectivity index (χ2v) is 4.63. The van der Waals surface area contributed by atoms with Crippen molar-refractivity contribution in [1.29, 1.82) is 0 Å². The van der Waals surface area contributed by atoms with Gasteiger partial charge in [-0.3, -0.25) is 4.79 Å². The molecule has 1 aromatic carbocycles. The molecule has 0 heterocycles. The Morgan fingerprint density at radius 3 is 2.56 bits per heavy atom. The number of alkyl halides is 2. The van der Waals surface area contributed by atoms with Crippen LogP contribution in [0.3, 0.4) is 0 Å². The summed E-state index contributed by atoms with van der Waals surface area (Å²) in [6.45, 7) is 2.88. The smallest absolute Gasteiger partial charge is 0.320 e. The van der Waals surface area contributed by atoms with E-state index in [0.717, 1.165) is 0 Å². The maximum absolute atomic E-state index is 13.8. The van der Waals surface area contributed by atoms with Gasteiger partial charge in [-0.2, -0.15) is 0 Å². The molecule has 1 rings (SSSR count). The van der Waals surface area contributed by atoms with Crippen LogP contribution in [0.1, 0.15) is 25.0 Å². The minimum Gasteiger partial charge on any atom is -0.480 e. The molecule has 5 heteroatoms. The van der Waals surface area contributed by atoms with E-state index in [1.807, 2.05) is 0 Å². The molecule has 3 nitrogen and oxygen atoms in total. The van der Waals surface area contributed by atoms with Crippen LogP contribution in [0.2, 0.25) is 0 Å². The van der Waals surface area contributed by atoms with Crippen molar-refractivity contribution in [3.63, 3.8) is 0 Å². The maximum Gasteiger partial charge on any atom is 0.320 e. The second-order valence-electron chi connectivity index (χ2n) is 4.63. The highest BCUT2D eigenvalue weighted by Crippen LogP contribution is 2.35. The average molecular weight is 257 g/mol. The highest BCUT2D eigenvalue weighted by atomic mass is 19.3. The quantitative estimate of drug-likeness (QED) is 0.851. The number of halogens is 2. The summed E-state index contributed by atoms with van der Waals surface area (Å²) < 4.78 is 27.6. The number of carboxylic acids is 1. The largest absolute Gasteiger partial charge is 0.480 e. The van der Waals surface area contributed by atoms with Crippen molar-refractivity contribution in [2.45, 2.75) is 32.2 Å². The first-order valence-corrected chi connectivity index (χ1v) is 5.70. The molecular formula is C13H17F2NO2. The molecule has 0 amide bonds. The van der Waals surface area contributed by atoms with E-state index in [-0.39, 0.29) is 12.0 Å². The molecule has 0 aliphatic carbocycles. The van der Waals surface area contributed by atoms with Crippen LogP contribution < -0.4 is 5.73 Å². The zero-order chi connectivity index (χ0) is 13.9. The van der Waals surface area contributed by atoms with Gasteiger partial charge in [-0.15, -0.1) is 0 Å². The van der Waals surface area contributed by atoms with Crippen LogP contribution in [0.25, 0.3) is 0 Å². The Bertz CT molecular complexity index is 433. The van der Waals surface area contributed by atoms with Crippen LogP contribution in [-0.2, 0) is 17.1 Å². The van der Waals surface area contributed by atoms with Crippen LogP contribution in [0.5, 0.6) is 0 Å². The molecule has 0 aliphatic rings. The van der Waals surface area contributed by atoms with Gasteiger partial charge in [-0.05, 0) is 18.1 Å². The first-order chi connectivity index (χ1) is 8.25. The van der Waals surface area contributed by atoms with Gasteiger partial charge in [0.05, 0.1) is 0 Å². The van der Waals surface area contributed by atoms with Gasteiger partial charge in [0, 0.05) is 11.5 Å². The normalized spacial score (nSPS) is 13.7. The molecule has 0 saturated heterocycles. The predicted octanol–water partition coefficient (Wildman–Crippen LogP) is 2.39. The molecular weight excluding hydrogens is 240 g/mol. The zero-order valence-electron chi connectivity index (χ0n) is 10.4. The van der Waals surface area contributed by atoms with E-state index in [1.165, 1.54) is 32.0 Å². The highest BCUT2D eigenvalue weighted by molar-refractivity contribution is 5.73.